The van der Waals surface area contributed by atoms with E-state index in [0.29, 0.717) is 10.7 Å². The summed E-state index contributed by atoms with van der Waals surface area (Å²) < 4.78 is 27.7. The summed E-state index contributed by atoms with van der Waals surface area (Å²) in [6, 6.07) is 15.2. The number of nitrogens with zero attached hydrogens (tertiary/aromatic N) is 2. The fourth-order valence-corrected chi connectivity index (χ4v) is 3.99. The Morgan fingerprint density at radius 1 is 1.04 bits per heavy atom. The Kier molecular flexibility index (Phi) is 5.77. The van der Waals surface area contributed by atoms with Gasteiger partial charge >= 0.3 is 0 Å². The lowest BCUT2D eigenvalue weighted by Gasteiger charge is -2.04. The molecule has 1 amide bonds. The maximum atomic E-state index is 12.2. The van der Waals surface area contributed by atoms with E-state index in [-0.39, 0.29) is 16.4 Å². The van der Waals surface area contributed by atoms with Crippen molar-refractivity contribution in [1.29, 1.82) is 0 Å². The Labute approximate surface area is 162 Å². The standard InChI is InChI=1S/C16H13BrN4O3S2/c17-11-6-8-13(9-7-11)26(23,24)18-10-14-20-21-16(25-14)15(22)19-12-4-2-1-3-5-12/h1-9,18H,10H2,(H,19,22). The van der Waals surface area contributed by atoms with Gasteiger partial charge in [0.05, 0.1) is 11.4 Å². The number of nitrogens with one attached hydrogen (secondary N) is 2. The molecule has 0 unspecified atom stereocenters. The van der Waals surface area contributed by atoms with Crippen LogP contribution in [0.2, 0.25) is 0 Å². The van der Waals surface area contributed by atoms with Crippen molar-refractivity contribution in [2.75, 3.05) is 5.32 Å². The molecule has 3 rings (SSSR count). The number of hydrogen-bond donors (Lipinski definition) is 2. The third-order valence-corrected chi connectivity index (χ3v) is 6.10. The predicted molar refractivity (Wildman–Crippen MR) is 102 cm³/mol. The number of carbonyl (C=O) groups is 1. The van der Waals surface area contributed by atoms with E-state index in [2.05, 4.69) is 36.2 Å². The topological polar surface area (TPSA) is 101 Å². The maximum absolute atomic E-state index is 12.2. The molecule has 134 valence electrons. The highest BCUT2D eigenvalue weighted by Crippen LogP contribution is 2.16. The van der Waals surface area contributed by atoms with Crippen molar-refractivity contribution in [3.8, 4) is 0 Å². The lowest BCUT2D eigenvalue weighted by atomic mass is 10.3. The number of para-hydroxylation sites is 1. The predicted octanol–water partition coefficient (Wildman–Crippen LogP) is 3.03. The van der Waals surface area contributed by atoms with Gasteiger partial charge in [-0.25, -0.2) is 13.1 Å². The summed E-state index contributed by atoms with van der Waals surface area (Å²) in [6.45, 7) is -0.0469. The van der Waals surface area contributed by atoms with Crippen LogP contribution in [0.1, 0.15) is 14.8 Å². The summed E-state index contributed by atoms with van der Waals surface area (Å²) in [7, 11) is -3.67. The third-order valence-electron chi connectivity index (χ3n) is 3.23. The number of aromatic nitrogens is 2. The lowest BCUT2D eigenvalue weighted by Crippen LogP contribution is -2.23. The number of amides is 1. The van der Waals surface area contributed by atoms with Crippen molar-refractivity contribution in [2.45, 2.75) is 11.4 Å². The first-order valence-corrected chi connectivity index (χ1v) is 10.5. The number of anilines is 1. The van der Waals surface area contributed by atoms with Gasteiger partial charge in [0.1, 0.15) is 5.01 Å². The van der Waals surface area contributed by atoms with Crippen LogP contribution in [0.25, 0.3) is 0 Å². The molecular weight excluding hydrogens is 440 g/mol. The minimum atomic E-state index is -3.67. The molecule has 10 heteroatoms. The van der Waals surface area contributed by atoms with Gasteiger partial charge in [0, 0.05) is 10.2 Å². The Hall–Kier alpha value is -2.14. The molecule has 0 fully saturated rings. The van der Waals surface area contributed by atoms with Gasteiger partial charge in [0.2, 0.25) is 15.0 Å². The Morgan fingerprint density at radius 2 is 1.73 bits per heavy atom. The van der Waals surface area contributed by atoms with Gasteiger partial charge in [-0.15, -0.1) is 10.2 Å². The van der Waals surface area contributed by atoms with Crippen LogP contribution >= 0.6 is 27.3 Å². The number of hydrogen-bond acceptors (Lipinski definition) is 6. The summed E-state index contributed by atoms with van der Waals surface area (Å²) in [5, 5.41) is 10.9. The van der Waals surface area contributed by atoms with Crippen LogP contribution in [0.4, 0.5) is 5.69 Å². The molecule has 0 bridgehead atoms. The van der Waals surface area contributed by atoms with E-state index in [4.69, 9.17) is 0 Å². The van der Waals surface area contributed by atoms with Crippen LogP contribution in [0.3, 0.4) is 0 Å². The zero-order valence-electron chi connectivity index (χ0n) is 13.2. The highest BCUT2D eigenvalue weighted by atomic mass is 79.9. The van der Waals surface area contributed by atoms with Gasteiger partial charge in [-0.1, -0.05) is 45.5 Å². The molecular formula is C16H13BrN4O3S2. The number of sulfonamides is 1. The smallest absolute Gasteiger partial charge is 0.286 e. The average Bonchev–Trinajstić information content (AvgIpc) is 3.11. The van der Waals surface area contributed by atoms with E-state index in [0.717, 1.165) is 15.8 Å². The molecule has 0 saturated heterocycles. The highest BCUT2D eigenvalue weighted by molar-refractivity contribution is 9.10. The minimum absolute atomic E-state index is 0.0469. The summed E-state index contributed by atoms with van der Waals surface area (Å²) in [5.74, 6) is -0.393. The Balaban J connectivity index is 1.63. The molecule has 2 aromatic carbocycles. The van der Waals surface area contributed by atoms with Crippen LogP contribution in [0, 0.1) is 0 Å². The Morgan fingerprint density at radius 3 is 2.42 bits per heavy atom. The fourth-order valence-electron chi connectivity index (χ4n) is 1.98. The number of benzene rings is 2. The van der Waals surface area contributed by atoms with Gasteiger partial charge in [-0.3, -0.25) is 4.79 Å². The first-order chi connectivity index (χ1) is 12.4. The van der Waals surface area contributed by atoms with E-state index in [1.165, 1.54) is 12.1 Å². The number of rotatable bonds is 6. The van der Waals surface area contributed by atoms with Crippen molar-refractivity contribution < 1.29 is 13.2 Å². The van der Waals surface area contributed by atoms with Crippen LogP contribution in [0.15, 0.2) is 64.0 Å². The SMILES string of the molecule is O=C(Nc1ccccc1)c1nnc(CNS(=O)(=O)c2ccc(Br)cc2)s1. The second-order valence-electron chi connectivity index (χ2n) is 5.10. The van der Waals surface area contributed by atoms with Crippen molar-refractivity contribution in [3.05, 3.63) is 69.1 Å². The van der Waals surface area contributed by atoms with Crippen molar-refractivity contribution in [3.63, 3.8) is 0 Å². The van der Waals surface area contributed by atoms with E-state index < -0.39 is 15.9 Å². The van der Waals surface area contributed by atoms with E-state index in [1.54, 1.807) is 36.4 Å². The first kappa shape index (κ1) is 18.6. The molecule has 2 N–H and O–H groups in total. The summed E-state index contributed by atoms with van der Waals surface area (Å²) in [5.41, 5.74) is 0.644. The van der Waals surface area contributed by atoms with Crippen LogP contribution in [0.5, 0.6) is 0 Å². The van der Waals surface area contributed by atoms with E-state index >= 15 is 0 Å². The van der Waals surface area contributed by atoms with Crippen LogP contribution in [-0.2, 0) is 16.6 Å². The fraction of sp³-hybridized carbons (Fsp3) is 0.0625. The number of carbonyl (C=O) groups excluding carboxylic acids is 1. The van der Waals surface area contributed by atoms with Crippen molar-refractivity contribution in [2.24, 2.45) is 0 Å². The average molecular weight is 453 g/mol. The summed E-state index contributed by atoms with van der Waals surface area (Å²) >= 11 is 4.29. The summed E-state index contributed by atoms with van der Waals surface area (Å²) in [4.78, 5) is 12.3. The highest BCUT2D eigenvalue weighted by Gasteiger charge is 2.17. The zero-order chi connectivity index (χ0) is 18.6. The second kappa shape index (κ2) is 8.04. The second-order valence-corrected chi connectivity index (χ2v) is 8.84. The molecule has 0 aliphatic rings. The maximum Gasteiger partial charge on any atom is 0.286 e. The molecule has 0 saturated carbocycles. The third kappa shape index (κ3) is 4.73. The van der Waals surface area contributed by atoms with Gasteiger partial charge < -0.3 is 5.32 Å². The van der Waals surface area contributed by atoms with Gasteiger partial charge in [0.15, 0.2) is 0 Å². The molecule has 0 aliphatic carbocycles. The zero-order valence-corrected chi connectivity index (χ0v) is 16.4. The van der Waals surface area contributed by atoms with Crippen molar-refractivity contribution in [1.82, 2.24) is 14.9 Å². The molecule has 0 aliphatic heterocycles. The molecule has 26 heavy (non-hydrogen) atoms. The van der Waals surface area contributed by atoms with E-state index in [1.807, 2.05) is 6.07 Å². The molecule has 1 aromatic heterocycles. The van der Waals surface area contributed by atoms with Gasteiger partial charge in [-0.05, 0) is 36.4 Å². The monoisotopic (exact) mass is 452 g/mol. The quantitative estimate of drug-likeness (QED) is 0.598. The summed E-state index contributed by atoms with van der Waals surface area (Å²) in [6.07, 6.45) is 0. The van der Waals surface area contributed by atoms with Crippen molar-refractivity contribution >= 4 is 48.9 Å². The minimum Gasteiger partial charge on any atom is -0.320 e. The largest absolute Gasteiger partial charge is 0.320 e. The van der Waals surface area contributed by atoms with Crippen LogP contribution < -0.4 is 10.0 Å². The molecule has 1 heterocycles. The van der Waals surface area contributed by atoms with Gasteiger partial charge in [-0.2, -0.15) is 0 Å². The van der Waals surface area contributed by atoms with Crippen LogP contribution in [-0.4, -0.2) is 24.5 Å². The van der Waals surface area contributed by atoms with Gasteiger partial charge in [0.25, 0.3) is 5.91 Å². The normalized spacial score (nSPS) is 11.3. The first-order valence-electron chi connectivity index (χ1n) is 7.38. The van der Waals surface area contributed by atoms with E-state index in [9.17, 15) is 13.2 Å². The molecule has 0 atom stereocenters. The lowest BCUT2D eigenvalue weighted by molar-refractivity contribution is 0.102. The molecule has 7 nitrogen and oxygen atoms in total. The molecule has 3 aromatic rings. The molecule has 0 spiro atoms. The Bertz CT molecular complexity index is 1010. The number of halogens is 1. The molecule has 0 radical (unpaired) electrons.